The summed E-state index contributed by atoms with van der Waals surface area (Å²) in [5.41, 5.74) is 3.74. The van der Waals surface area contributed by atoms with Gasteiger partial charge in [0.2, 0.25) is 0 Å². The van der Waals surface area contributed by atoms with E-state index >= 15 is 0 Å². The third-order valence-corrected chi connectivity index (χ3v) is 4.77. The topological polar surface area (TPSA) is 30.7 Å². The molecule has 5 heteroatoms. The maximum Gasteiger partial charge on any atom is 0.160 e. The van der Waals surface area contributed by atoms with E-state index in [0.29, 0.717) is 16.1 Å². The number of hydrogen-bond acceptors (Lipinski definition) is 2. The van der Waals surface area contributed by atoms with Crippen molar-refractivity contribution in [1.82, 2.24) is 14.5 Å². The maximum atomic E-state index is 6.40. The Morgan fingerprint density at radius 2 is 1.91 bits per heavy atom. The summed E-state index contributed by atoms with van der Waals surface area (Å²) < 4.78 is 2.24. The van der Waals surface area contributed by atoms with Gasteiger partial charge in [0.1, 0.15) is 11.3 Å². The molecule has 23 heavy (non-hydrogen) atoms. The molecule has 120 valence electrons. The number of imidazole rings is 1. The molecule has 1 aromatic carbocycles. The smallest absolute Gasteiger partial charge is 0.160 e. The molecule has 0 saturated heterocycles. The largest absolute Gasteiger partial charge is 0.310 e. The SMILES string of the molecule is CCc1nc2c(-c3ccc(Cl)cc3Cl)ccnc2n1C(C)CC. The summed E-state index contributed by atoms with van der Waals surface area (Å²) in [7, 11) is 0. The van der Waals surface area contributed by atoms with Crippen LogP contribution in [0.3, 0.4) is 0 Å². The highest BCUT2D eigenvalue weighted by molar-refractivity contribution is 6.36. The molecule has 0 aliphatic rings. The molecule has 3 nitrogen and oxygen atoms in total. The van der Waals surface area contributed by atoms with E-state index in [1.165, 1.54) is 0 Å². The van der Waals surface area contributed by atoms with Gasteiger partial charge in [-0.3, -0.25) is 0 Å². The molecule has 0 saturated carbocycles. The standard InChI is InChI=1S/C18H19Cl2N3/c1-4-11(3)23-16(5-2)22-17-14(8-9-21-18(17)23)13-7-6-12(19)10-15(13)20/h6-11H,4-5H2,1-3H3. The van der Waals surface area contributed by atoms with Gasteiger partial charge in [0.15, 0.2) is 5.65 Å². The lowest BCUT2D eigenvalue weighted by atomic mass is 10.1. The number of pyridine rings is 1. The number of rotatable bonds is 4. The summed E-state index contributed by atoms with van der Waals surface area (Å²) in [6.07, 6.45) is 3.73. The molecule has 1 atom stereocenters. The fraction of sp³-hybridized carbons (Fsp3) is 0.333. The van der Waals surface area contributed by atoms with Gasteiger partial charge in [-0.05, 0) is 31.5 Å². The van der Waals surface area contributed by atoms with Crippen LogP contribution in [0, 0.1) is 0 Å². The van der Waals surface area contributed by atoms with Crippen LogP contribution in [0.25, 0.3) is 22.3 Å². The van der Waals surface area contributed by atoms with E-state index in [0.717, 1.165) is 41.0 Å². The maximum absolute atomic E-state index is 6.40. The fourth-order valence-corrected chi connectivity index (χ4v) is 3.37. The first-order chi connectivity index (χ1) is 11.1. The Labute approximate surface area is 146 Å². The van der Waals surface area contributed by atoms with Crippen LogP contribution in [0.4, 0.5) is 0 Å². The van der Waals surface area contributed by atoms with Crippen molar-refractivity contribution in [3.8, 4) is 11.1 Å². The average Bonchev–Trinajstić information content (AvgIpc) is 2.93. The van der Waals surface area contributed by atoms with Crippen molar-refractivity contribution in [2.24, 2.45) is 0 Å². The number of halogens is 2. The van der Waals surface area contributed by atoms with Gasteiger partial charge in [0.25, 0.3) is 0 Å². The fourth-order valence-electron chi connectivity index (χ4n) is 2.85. The summed E-state index contributed by atoms with van der Waals surface area (Å²) in [6, 6.07) is 7.87. The molecule has 0 fully saturated rings. The third-order valence-electron chi connectivity index (χ3n) is 4.22. The third kappa shape index (κ3) is 2.84. The van der Waals surface area contributed by atoms with Crippen LogP contribution in [0.5, 0.6) is 0 Å². The Hall–Kier alpha value is -1.58. The highest BCUT2D eigenvalue weighted by Gasteiger charge is 2.18. The lowest BCUT2D eigenvalue weighted by Gasteiger charge is -2.14. The molecule has 0 N–H and O–H groups in total. The molecule has 3 aromatic rings. The molecule has 0 aliphatic heterocycles. The van der Waals surface area contributed by atoms with E-state index in [2.05, 4.69) is 30.3 Å². The number of hydrogen-bond donors (Lipinski definition) is 0. The van der Waals surface area contributed by atoms with E-state index in [4.69, 9.17) is 28.2 Å². The monoisotopic (exact) mass is 347 g/mol. The minimum absolute atomic E-state index is 0.360. The zero-order valence-electron chi connectivity index (χ0n) is 13.5. The molecule has 2 heterocycles. The number of benzene rings is 1. The van der Waals surface area contributed by atoms with Crippen molar-refractivity contribution in [3.05, 3.63) is 46.3 Å². The van der Waals surface area contributed by atoms with Gasteiger partial charge in [-0.25, -0.2) is 9.97 Å². The van der Waals surface area contributed by atoms with Crippen LogP contribution in [0.15, 0.2) is 30.5 Å². The Bertz CT molecular complexity index is 855. The van der Waals surface area contributed by atoms with Gasteiger partial charge < -0.3 is 4.57 Å². The highest BCUT2D eigenvalue weighted by Crippen LogP contribution is 2.35. The second-order valence-corrected chi connectivity index (χ2v) is 6.51. The Morgan fingerprint density at radius 3 is 2.57 bits per heavy atom. The summed E-state index contributed by atoms with van der Waals surface area (Å²) in [5.74, 6) is 1.05. The normalized spacial score (nSPS) is 12.7. The zero-order valence-corrected chi connectivity index (χ0v) is 15.0. The van der Waals surface area contributed by atoms with Crippen LogP contribution >= 0.6 is 23.2 Å². The van der Waals surface area contributed by atoms with Crippen molar-refractivity contribution in [2.45, 2.75) is 39.7 Å². The quantitative estimate of drug-likeness (QED) is 0.584. The first-order valence-electron chi connectivity index (χ1n) is 7.88. The lowest BCUT2D eigenvalue weighted by Crippen LogP contribution is -2.08. The van der Waals surface area contributed by atoms with Gasteiger partial charge in [0.05, 0.1) is 0 Å². The minimum atomic E-state index is 0.360. The molecule has 1 unspecified atom stereocenters. The van der Waals surface area contributed by atoms with Crippen molar-refractivity contribution < 1.29 is 0 Å². The summed E-state index contributed by atoms with van der Waals surface area (Å²) in [4.78, 5) is 9.43. The summed E-state index contributed by atoms with van der Waals surface area (Å²) in [6.45, 7) is 6.49. The minimum Gasteiger partial charge on any atom is -0.310 e. The van der Waals surface area contributed by atoms with Crippen molar-refractivity contribution in [1.29, 1.82) is 0 Å². The van der Waals surface area contributed by atoms with E-state index in [9.17, 15) is 0 Å². The summed E-state index contributed by atoms with van der Waals surface area (Å²) in [5, 5.41) is 1.25. The van der Waals surface area contributed by atoms with E-state index in [1.54, 1.807) is 6.07 Å². The molecule has 0 bridgehead atoms. The van der Waals surface area contributed by atoms with Crippen LogP contribution in [-0.2, 0) is 6.42 Å². The molecule has 0 spiro atoms. The number of fused-ring (bicyclic) bond motifs is 1. The van der Waals surface area contributed by atoms with Crippen LogP contribution in [0.1, 0.15) is 39.1 Å². The Balaban J connectivity index is 2.29. The van der Waals surface area contributed by atoms with E-state index in [-0.39, 0.29) is 0 Å². The van der Waals surface area contributed by atoms with E-state index in [1.807, 2.05) is 24.4 Å². The first kappa shape index (κ1) is 16.3. The van der Waals surface area contributed by atoms with Crippen LogP contribution in [-0.4, -0.2) is 14.5 Å². The molecule has 0 radical (unpaired) electrons. The van der Waals surface area contributed by atoms with Gasteiger partial charge in [-0.15, -0.1) is 0 Å². The van der Waals surface area contributed by atoms with Crippen molar-refractivity contribution in [2.75, 3.05) is 0 Å². The Kier molecular flexibility index (Phi) is 4.60. The molecule has 0 amide bonds. The molecular formula is C18H19Cl2N3. The van der Waals surface area contributed by atoms with E-state index < -0.39 is 0 Å². The number of aryl methyl sites for hydroxylation is 1. The second kappa shape index (κ2) is 6.50. The van der Waals surface area contributed by atoms with Crippen LogP contribution in [0.2, 0.25) is 10.0 Å². The van der Waals surface area contributed by atoms with Crippen molar-refractivity contribution >= 4 is 34.4 Å². The molecule has 0 aliphatic carbocycles. The Morgan fingerprint density at radius 1 is 1.13 bits per heavy atom. The first-order valence-corrected chi connectivity index (χ1v) is 8.63. The molecule has 2 aromatic heterocycles. The summed E-state index contributed by atoms with van der Waals surface area (Å²) >= 11 is 12.4. The van der Waals surface area contributed by atoms with Crippen molar-refractivity contribution in [3.63, 3.8) is 0 Å². The van der Waals surface area contributed by atoms with Gasteiger partial charge in [-0.2, -0.15) is 0 Å². The van der Waals surface area contributed by atoms with Gasteiger partial charge in [0, 0.05) is 39.8 Å². The van der Waals surface area contributed by atoms with Crippen LogP contribution < -0.4 is 0 Å². The highest BCUT2D eigenvalue weighted by atomic mass is 35.5. The van der Waals surface area contributed by atoms with Gasteiger partial charge >= 0.3 is 0 Å². The number of aromatic nitrogens is 3. The zero-order chi connectivity index (χ0) is 16.6. The number of nitrogens with zero attached hydrogens (tertiary/aromatic N) is 3. The average molecular weight is 348 g/mol. The van der Waals surface area contributed by atoms with Gasteiger partial charge in [-0.1, -0.05) is 43.1 Å². The second-order valence-electron chi connectivity index (χ2n) is 5.66. The molecule has 3 rings (SSSR count). The lowest BCUT2D eigenvalue weighted by molar-refractivity contribution is 0.521. The predicted molar refractivity (Wildman–Crippen MR) is 97.4 cm³/mol. The molecular weight excluding hydrogens is 329 g/mol. The predicted octanol–water partition coefficient (Wildman–Crippen LogP) is 5.94.